The van der Waals surface area contributed by atoms with Gasteiger partial charge in [-0.15, -0.1) is 0 Å². The van der Waals surface area contributed by atoms with Crippen LogP contribution >= 0.6 is 11.6 Å². The number of ether oxygens (including phenoxy) is 1. The summed E-state index contributed by atoms with van der Waals surface area (Å²) in [6.07, 6.45) is 1.57. The van der Waals surface area contributed by atoms with Crippen LogP contribution < -0.4 is 10.6 Å². The van der Waals surface area contributed by atoms with Crippen LogP contribution in [0.25, 0.3) is 0 Å². The van der Waals surface area contributed by atoms with Gasteiger partial charge in [-0.2, -0.15) is 0 Å². The van der Waals surface area contributed by atoms with E-state index in [0.29, 0.717) is 25.4 Å². The number of halogens is 1. The Morgan fingerprint density at radius 3 is 3.25 bits per heavy atom. The number of morpholine rings is 1. The Balaban J connectivity index is 1.99. The maximum absolute atomic E-state index is 11.8. The molecule has 2 N–H and O–H groups in total. The van der Waals surface area contributed by atoms with Gasteiger partial charge < -0.3 is 15.4 Å². The van der Waals surface area contributed by atoms with Crippen LogP contribution in [0, 0.1) is 0 Å². The Morgan fingerprint density at radius 1 is 1.69 bits per heavy atom. The van der Waals surface area contributed by atoms with Crippen molar-refractivity contribution in [2.75, 3.05) is 25.1 Å². The molecular weight excluding hydrogens is 230 g/mol. The molecule has 1 unspecified atom stereocenters. The number of nitrogens with zero attached hydrogens (tertiary/aromatic N) is 1. The number of rotatable bonds is 2. The summed E-state index contributed by atoms with van der Waals surface area (Å²) in [6.45, 7) is 1.69. The third-order valence-electron chi connectivity index (χ3n) is 2.26. The first-order chi connectivity index (χ1) is 7.77. The van der Waals surface area contributed by atoms with Crippen LogP contribution in [0.5, 0.6) is 0 Å². The van der Waals surface area contributed by atoms with Gasteiger partial charge >= 0.3 is 0 Å². The number of hydrogen-bond donors (Lipinski definition) is 2. The number of pyridine rings is 1. The molecule has 16 heavy (non-hydrogen) atoms. The maximum Gasteiger partial charge on any atom is 0.243 e. The van der Waals surface area contributed by atoms with E-state index in [9.17, 15) is 4.79 Å². The third-order valence-corrected chi connectivity index (χ3v) is 2.56. The minimum absolute atomic E-state index is 0.158. The van der Waals surface area contributed by atoms with E-state index in [2.05, 4.69) is 15.6 Å². The van der Waals surface area contributed by atoms with Gasteiger partial charge in [-0.05, 0) is 12.1 Å². The monoisotopic (exact) mass is 241 g/mol. The highest BCUT2D eigenvalue weighted by Gasteiger charge is 2.21. The van der Waals surface area contributed by atoms with Gasteiger partial charge in [0, 0.05) is 12.7 Å². The molecule has 0 bridgehead atoms. The van der Waals surface area contributed by atoms with Crippen molar-refractivity contribution in [3.05, 3.63) is 23.5 Å². The second-order valence-corrected chi connectivity index (χ2v) is 3.77. The molecule has 1 aliphatic rings. The summed E-state index contributed by atoms with van der Waals surface area (Å²) in [7, 11) is 0. The summed E-state index contributed by atoms with van der Waals surface area (Å²) >= 11 is 5.83. The summed E-state index contributed by atoms with van der Waals surface area (Å²) in [6, 6.07) is 3.09. The zero-order valence-corrected chi connectivity index (χ0v) is 9.33. The zero-order valence-electron chi connectivity index (χ0n) is 8.57. The lowest BCUT2D eigenvalue weighted by Crippen LogP contribution is -2.48. The average molecular weight is 242 g/mol. The van der Waals surface area contributed by atoms with Crippen LogP contribution in [0.3, 0.4) is 0 Å². The van der Waals surface area contributed by atoms with E-state index in [4.69, 9.17) is 16.3 Å². The molecule has 1 aromatic rings. The van der Waals surface area contributed by atoms with Crippen molar-refractivity contribution in [1.82, 2.24) is 10.3 Å². The zero-order chi connectivity index (χ0) is 11.4. The van der Waals surface area contributed by atoms with Crippen molar-refractivity contribution in [3.8, 4) is 0 Å². The Bertz CT molecular complexity index is 380. The minimum Gasteiger partial charge on any atom is -0.378 e. The van der Waals surface area contributed by atoms with Crippen molar-refractivity contribution in [2.45, 2.75) is 6.04 Å². The summed E-state index contributed by atoms with van der Waals surface area (Å²) in [5, 5.41) is 6.05. The highest BCUT2D eigenvalue weighted by atomic mass is 35.5. The van der Waals surface area contributed by atoms with Gasteiger partial charge in [0.25, 0.3) is 0 Å². The van der Waals surface area contributed by atoms with Gasteiger partial charge in [0.05, 0.1) is 18.9 Å². The Hall–Kier alpha value is -1.17. The summed E-state index contributed by atoms with van der Waals surface area (Å²) < 4.78 is 5.20. The molecule has 1 fully saturated rings. The van der Waals surface area contributed by atoms with E-state index in [0.717, 1.165) is 0 Å². The summed E-state index contributed by atoms with van der Waals surface area (Å²) in [4.78, 5) is 15.7. The van der Waals surface area contributed by atoms with E-state index in [1.165, 1.54) is 0 Å². The van der Waals surface area contributed by atoms with E-state index >= 15 is 0 Å². The lowest BCUT2D eigenvalue weighted by Gasteiger charge is -2.22. The van der Waals surface area contributed by atoms with E-state index in [-0.39, 0.29) is 17.1 Å². The summed E-state index contributed by atoms with van der Waals surface area (Å²) in [5.41, 5.74) is 0.515. The van der Waals surface area contributed by atoms with Gasteiger partial charge in [-0.25, -0.2) is 4.98 Å². The fourth-order valence-corrected chi connectivity index (χ4v) is 1.60. The van der Waals surface area contributed by atoms with Crippen molar-refractivity contribution in [3.63, 3.8) is 0 Å². The molecule has 0 spiro atoms. The maximum atomic E-state index is 11.8. The predicted molar refractivity (Wildman–Crippen MR) is 60.5 cm³/mol. The molecule has 0 aromatic carbocycles. The van der Waals surface area contributed by atoms with Gasteiger partial charge in [-0.1, -0.05) is 11.6 Å². The van der Waals surface area contributed by atoms with E-state index < -0.39 is 0 Å². The van der Waals surface area contributed by atoms with Crippen LogP contribution in [0.15, 0.2) is 18.3 Å². The fourth-order valence-electron chi connectivity index (χ4n) is 1.43. The van der Waals surface area contributed by atoms with E-state index in [1.54, 1.807) is 18.3 Å². The van der Waals surface area contributed by atoms with Gasteiger partial charge in [-0.3, -0.25) is 4.79 Å². The van der Waals surface area contributed by atoms with Crippen LogP contribution in [-0.2, 0) is 9.53 Å². The Labute approximate surface area is 98.1 Å². The van der Waals surface area contributed by atoms with Crippen molar-refractivity contribution >= 4 is 23.2 Å². The average Bonchev–Trinajstić information content (AvgIpc) is 2.33. The lowest BCUT2D eigenvalue weighted by atomic mass is 10.2. The van der Waals surface area contributed by atoms with Crippen molar-refractivity contribution < 1.29 is 9.53 Å². The summed E-state index contributed by atoms with van der Waals surface area (Å²) in [5.74, 6) is -0.158. The molecule has 0 aliphatic carbocycles. The molecule has 86 valence electrons. The first-order valence-electron chi connectivity index (χ1n) is 5.00. The number of anilines is 1. The van der Waals surface area contributed by atoms with Crippen molar-refractivity contribution in [1.29, 1.82) is 0 Å². The first-order valence-corrected chi connectivity index (χ1v) is 5.37. The van der Waals surface area contributed by atoms with Crippen molar-refractivity contribution in [2.24, 2.45) is 0 Å². The number of carbonyl (C=O) groups excluding carboxylic acids is 1. The second kappa shape index (κ2) is 5.25. The topological polar surface area (TPSA) is 63.2 Å². The van der Waals surface area contributed by atoms with Gasteiger partial charge in [0.1, 0.15) is 6.04 Å². The normalized spacial score (nSPS) is 20.4. The number of hydrogen-bond acceptors (Lipinski definition) is 4. The first kappa shape index (κ1) is 11.3. The highest BCUT2D eigenvalue weighted by Crippen LogP contribution is 2.17. The third kappa shape index (κ3) is 2.69. The SMILES string of the molecule is O=C(Nc1cccnc1Cl)C1COCCN1. The molecule has 5 nitrogen and oxygen atoms in total. The quantitative estimate of drug-likeness (QED) is 0.747. The smallest absolute Gasteiger partial charge is 0.243 e. The molecule has 1 saturated heterocycles. The molecule has 2 rings (SSSR count). The molecule has 1 amide bonds. The van der Waals surface area contributed by atoms with Gasteiger partial charge in [0.15, 0.2) is 5.15 Å². The van der Waals surface area contributed by atoms with Crippen LogP contribution in [0.2, 0.25) is 5.15 Å². The van der Waals surface area contributed by atoms with Crippen LogP contribution in [0.4, 0.5) is 5.69 Å². The van der Waals surface area contributed by atoms with Gasteiger partial charge in [0.2, 0.25) is 5.91 Å². The molecule has 1 atom stereocenters. The van der Waals surface area contributed by atoms with E-state index in [1.807, 2.05) is 0 Å². The standard InChI is InChI=1S/C10H12ClN3O2/c11-9-7(2-1-3-13-9)14-10(15)8-6-16-5-4-12-8/h1-3,8,12H,4-6H2,(H,14,15). The Morgan fingerprint density at radius 2 is 2.56 bits per heavy atom. The number of amides is 1. The molecule has 0 saturated carbocycles. The molecule has 1 aromatic heterocycles. The lowest BCUT2D eigenvalue weighted by molar-refractivity contribution is -0.120. The molecular formula is C10H12ClN3O2. The number of aromatic nitrogens is 1. The molecule has 1 aliphatic heterocycles. The number of carbonyl (C=O) groups is 1. The number of nitrogens with one attached hydrogen (secondary N) is 2. The predicted octanol–water partition coefficient (Wildman–Crippen LogP) is 0.662. The minimum atomic E-state index is -0.329. The second-order valence-electron chi connectivity index (χ2n) is 3.41. The highest BCUT2D eigenvalue weighted by molar-refractivity contribution is 6.32. The molecule has 2 heterocycles. The van der Waals surface area contributed by atoms with Crippen LogP contribution in [-0.4, -0.2) is 36.7 Å². The van der Waals surface area contributed by atoms with Crippen LogP contribution in [0.1, 0.15) is 0 Å². The molecule has 6 heteroatoms. The largest absolute Gasteiger partial charge is 0.378 e. The Kier molecular flexibility index (Phi) is 3.71. The fraction of sp³-hybridized carbons (Fsp3) is 0.400. The molecule has 0 radical (unpaired) electrons.